The van der Waals surface area contributed by atoms with Crippen molar-refractivity contribution in [1.29, 1.82) is 0 Å². The molecule has 0 aliphatic heterocycles. The second-order valence-electron chi connectivity index (χ2n) is 4.38. The van der Waals surface area contributed by atoms with Crippen LogP contribution in [-0.4, -0.2) is 0 Å². The molecular formula is C15H14BrF2N. The molecule has 0 aliphatic carbocycles. The third kappa shape index (κ3) is 3.61. The zero-order valence-electron chi connectivity index (χ0n) is 10.5. The van der Waals surface area contributed by atoms with Crippen LogP contribution in [0.1, 0.15) is 24.1 Å². The Morgan fingerprint density at radius 3 is 2.63 bits per heavy atom. The standard InChI is InChI=1S/C15H14BrF2N/c1-10(13-6-3-7-14(17)15(13)18)19-9-11-4-2-5-12(16)8-11/h2-8,10,19H,9H2,1H3. The number of hydrogen-bond donors (Lipinski definition) is 1. The van der Waals surface area contributed by atoms with Crippen molar-refractivity contribution in [2.75, 3.05) is 0 Å². The Balaban J connectivity index is 2.05. The van der Waals surface area contributed by atoms with Crippen LogP contribution >= 0.6 is 15.9 Å². The molecule has 2 rings (SSSR count). The maximum Gasteiger partial charge on any atom is 0.163 e. The SMILES string of the molecule is CC(NCc1cccc(Br)c1)c1cccc(F)c1F. The monoisotopic (exact) mass is 325 g/mol. The summed E-state index contributed by atoms with van der Waals surface area (Å²) in [5.41, 5.74) is 1.42. The highest BCUT2D eigenvalue weighted by atomic mass is 79.9. The fourth-order valence-electron chi connectivity index (χ4n) is 1.88. The summed E-state index contributed by atoms with van der Waals surface area (Å²) in [4.78, 5) is 0. The second-order valence-corrected chi connectivity index (χ2v) is 5.29. The van der Waals surface area contributed by atoms with E-state index in [0.29, 0.717) is 12.1 Å². The molecule has 0 aromatic heterocycles. The molecule has 0 amide bonds. The molecule has 2 aromatic rings. The van der Waals surface area contributed by atoms with Crippen molar-refractivity contribution in [1.82, 2.24) is 5.32 Å². The van der Waals surface area contributed by atoms with Crippen LogP contribution in [0.25, 0.3) is 0 Å². The van der Waals surface area contributed by atoms with Crippen LogP contribution in [0.4, 0.5) is 8.78 Å². The molecule has 0 bridgehead atoms. The maximum absolute atomic E-state index is 13.6. The Morgan fingerprint density at radius 2 is 1.89 bits per heavy atom. The lowest BCUT2D eigenvalue weighted by Crippen LogP contribution is -2.19. The summed E-state index contributed by atoms with van der Waals surface area (Å²) >= 11 is 3.40. The molecule has 0 heterocycles. The van der Waals surface area contributed by atoms with Crippen molar-refractivity contribution in [3.05, 3.63) is 69.7 Å². The predicted molar refractivity (Wildman–Crippen MR) is 75.8 cm³/mol. The molecule has 0 fully saturated rings. The van der Waals surface area contributed by atoms with Crippen molar-refractivity contribution < 1.29 is 8.78 Å². The summed E-state index contributed by atoms with van der Waals surface area (Å²) in [6, 6.07) is 11.8. The van der Waals surface area contributed by atoms with Gasteiger partial charge in [-0.25, -0.2) is 8.78 Å². The predicted octanol–water partition coefficient (Wildman–Crippen LogP) is 4.58. The molecule has 4 heteroatoms. The van der Waals surface area contributed by atoms with Gasteiger partial charge in [-0.05, 0) is 30.7 Å². The summed E-state index contributed by atoms with van der Waals surface area (Å²) in [6.07, 6.45) is 0. The molecular weight excluding hydrogens is 312 g/mol. The van der Waals surface area contributed by atoms with E-state index in [-0.39, 0.29) is 6.04 Å². The average Bonchev–Trinajstić information content (AvgIpc) is 2.39. The highest BCUT2D eigenvalue weighted by molar-refractivity contribution is 9.10. The molecule has 0 radical (unpaired) electrons. The Labute approximate surface area is 119 Å². The first-order chi connectivity index (χ1) is 9.08. The molecule has 0 saturated heterocycles. The van der Waals surface area contributed by atoms with Gasteiger partial charge in [0.2, 0.25) is 0 Å². The quantitative estimate of drug-likeness (QED) is 0.867. The van der Waals surface area contributed by atoms with Crippen molar-refractivity contribution in [3.8, 4) is 0 Å². The third-order valence-corrected chi connectivity index (χ3v) is 3.44. The Morgan fingerprint density at radius 1 is 1.16 bits per heavy atom. The van der Waals surface area contributed by atoms with E-state index in [4.69, 9.17) is 0 Å². The van der Waals surface area contributed by atoms with Gasteiger partial charge in [-0.15, -0.1) is 0 Å². The highest BCUT2D eigenvalue weighted by Gasteiger charge is 2.13. The molecule has 1 atom stereocenters. The van der Waals surface area contributed by atoms with Crippen LogP contribution < -0.4 is 5.32 Å². The van der Waals surface area contributed by atoms with Gasteiger partial charge in [0.15, 0.2) is 11.6 Å². The summed E-state index contributed by atoms with van der Waals surface area (Å²) in [7, 11) is 0. The van der Waals surface area contributed by atoms with Crippen LogP contribution in [0.3, 0.4) is 0 Å². The molecule has 0 spiro atoms. The Kier molecular flexibility index (Phi) is 4.66. The van der Waals surface area contributed by atoms with E-state index in [2.05, 4.69) is 21.2 Å². The highest BCUT2D eigenvalue weighted by Crippen LogP contribution is 2.19. The molecule has 0 aliphatic rings. The lowest BCUT2D eigenvalue weighted by molar-refractivity contribution is 0.472. The van der Waals surface area contributed by atoms with Gasteiger partial charge in [0.1, 0.15) is 0 Å². The van der Waals surface area contributed by atoms with E-state index in [1.54, 1.807) is 6.07 Å². The van der Waals surface area contributed by atoms with Crippen molar-refractivity contribution in [3.63, 3.8) is 0 Å². The van der Waals surface area contributed by atoms with E-state index >= 15 is 0 Å². The number of benzene rings is 2. The van der Waals surface area contributed by atoms with Gasteiger partial charge in [-0.1, -0.05) is 40.2 Å². The molecule has 1 nitrogen and oxygen atoms in total. The maximum atomic E-state index is 13.6. The van der Waals surface area contributed by atoms with Gasteiger partial charge in [0.05, 0.1) is 0 Å². The second kappa shape index (κ2) is 6.26. The van der Waals surface area contributed by atoms with Crippen LogP contribution in [0.5, 0.6) is 0 Å². The molecule has 2 aromatic carbocycles. The van der Waals surface area contributed by atoms with Gasteiger partial charge in [-0.2, -0.15) is 0 Å². The van der Waals surface area contributed by atoms with E-state index in [1.807, 2.05) is 31.2 Å². The molecule has 1 N–H and O–H groups in total. The minimum Gasteiger partial charge on any atom is -0.306 e. The van der Waals surface area contributed by atoms with Gasteiger partial charge in [0, 0.05) is 22.6 Å². The summed E-state index contributed by atoms with van der Waals surface area (Å²) < 4.78 is 27.8. The molecule has 100 valence electrons. The Bertz CT molecular complexity index is 572. The van der Waals surface area contributed by atoms with Crippen molar-refractivity contribution >= 4 is 15.9 Å². The first kappa shape index (κ1) is 14.2. The topological polar surface area (TPSA) is 12.0 Å². The fraction of sp³-hybridized carbons (Fsp3) is 0.200. The largest absolute Gasteiger partial charge is 0.306 e. The average molecular weight is 326 g/mol. The fourth-order valence-corrected chi connectivity index (χ4v) is 2.33. The van der Waals surface area contributed by atoms with Crippen molar-refractivity contribution in [2.45, 2.75) is 19.5 Å². The van der Waals surface area contributed by atoms with E-state index in [9.17, 15) is 8.78 Å². The normalized spacial score (nSPS) is 12.4. The lowest BCUT2D eigenvalue weighted by atomic mass is 10.1. The number of nitrogens with one attached hydrogen (secondary N) is 1. The summed E-state index contributed by atoms with van der Waals surface area (Å²) in [5.74, 6) is -1.59. The molecule has 0 saturated carbocycles. The van der Waals surface area contributed by atoms with Crippen LogP contribution in [-0.2, 0) is 6.54 Å². The van der Waals surface area contributed by atoms with Crippen molar-refractivity contribution in [2.24, 2.45) is 0 Å². The first-order valence-corrected chi connectivity index (χ1v) is 6.79. The lowest BCUT2D eigenvalue weighted by Gasteiger charge is -2.15. The Hall–Kier alpha value is -1.26. The third-order valence-electron chi connectivity index (χ3n) is 2.95. The van der Waals surface area contributed by atoms with Gasteiger partial charge in [0.25, 0.3) is 0 Å². The molecule has 1 unspecified atom stereocenters. The van der Waals surface area contributed by atoms with Gasteiger partial charge in [-0.3, -0.25) is 0 Å². The van der Waals surface area contributed by atoms with E-state index < -0.39 is 11.6 Å². The van der Waals surface area contributed by atoms with Crippen LogP contribution in [0.2, 0.25) is 0 Å². The van der Waals surface area contributed by atoms with Gasteiger partial charge < -0.3 is 5.32 Å². The van der Waals surface area contributed by atoms with E-state index in [1.165, 1.54) is 6.07 Å². The minimum absolute atomic E-state index is 0.255. The number of rotatable bonds is 4. The van der Waals surface area contributed by atoms with Crippen LogP contribution in [0.15, 0.2) is 46.9 Å². The summed E-state index contributed by atoms with van der Waals surface area (Å²) in [5, 5.41) is 3.18. The van der Waals surface area contributed by atoms with Crippen LogP contribution in [0, 0.1) is 11.6 Å². The molecule has 19 heavy (non-hydrogen) atoms. The zero-order valence-corrected chi connectivity index (χ0v) is 12.0. The smallest absolute Gasteiger partial charge is 0.163 e. The zero-order chi connectivity index (χ0) is 13.8. The van der Waals surface area contributed by atoms with Gasteiger partial charge >= 0.3 is 0 Å². The first-order valence-electron chi connectivity index (χ1n) is 5.99. The summed E-state index contributed by atoms with van der Waals surface area (Å²) in [6.45, 7) is 2.41. The number of hydrogen-bond acceptors (Lipinski definition) is 1. The van der Waals surface area contributed by atoms with E-state index in [0.717, 1.165) is 16.1 Å². The minimum atomic E-state index is -0.811. The number of halogens is 3.